The molecule has 0 radical (unpaired) electrons. The van der Waals surface area contributed by atoms with Crippen LogP contribution in [0.1, 0.15) is 23.2 Å². The smallest absolute Gasteiger partial charge is 0.257 e. The number of nitrogens with one attached hydrogen (secondary N) is 3. The second kappa shape index (κ2) is 9.98. The van der Waals surface area contributed by atoms with Crippen LogP contribution >= 0.6 is 12.2 Å². The van der Waals surface area contributed by atoms with Gasteiger partial charge in [0.05, 0.1) is 18.1 Å². The highest BCUT2D eigenvalue weighted by atomic mass is 32.2. The number of sulfonamides is 1. The maximum absolute atomic E-state index is 12.4. The van der Waals surface area contributed by atoms with Gasteiger partial charge in [-0.25, -0.2) is 13.1 Å². The summed E-state index contributed by atoms with van der Waals surface area (Å²) in [6, 6.07) is 12.7. The van der Waals surface area contributed by atoms with Crippen molar-refractivity contribution in [2.24, 2.45) is 0 Å². The lowest BCUT2D eigenvalue weighted by molar-refractivity contribution is 0.0977. The van der Waals surface area contributed by atoms with Crippen LogP contribution in [0.4, 0.5) is 5.69 Å². The van der Waals surface area contributed by atoms with Crippen molar-refractivity contribution in [2.75, 3.05) is 25.6 Å². The second-order valence-corrected chi connectivity index (χ2v) is 8.82. The summed E-state index contributed by atoms with van der Waals surface area (Å²) in [5.41, 5.74) is 0.979. The molecular weight excluding hydrogens is 426 g/mol. The Labute approximate surface area is 181 Å². The van der Waals surface area contributed by atoms with Crippen molar-refractivity contribution >= 4 is 38.9 Å². The minimum atomic E-state index is -3.62. The van der Waals surface area contributed by atoms with Gasteiger partial charge in [-0.05, 0) is 73.6 Å². The summed E-state index contributed by atoms with van der Waals surface area (Å²) in [6.07, 6.45) is 1.72. The molecule has 1 atom stereocenters. The number of carbonyl (C=O) groups excluding carboxylic acids is 1. The van der Waals surface area contributed by atoms with E-state index in [1.165, 1.54) is 12.1 Å². The molecule has 30 heavy (non-hydrogen) atoms. The number of anilines is 1. The van der Waals surface area contributed by atoms with Crippen molar-refractivity contribution in [3.8, 4) is 5.75 Å². The SMILES string of the molecule is COc1ccc(C(=O)NC(=S)Nc2ccc(S(=O)(=O)NCC3CCCO3)cc2)cc1. The third-order valence-corrected chi connectivity index (χ3v) is 6.17. The quantitative estimate of drug-likeness (QED) is 0.557. The number of hydrogen-bond acceptors (Lipinski definition) is 6. The number of ether oxygens (including phenoxy) is 2. The van der Waals surface area contributed by atoms with E-state index < -0.39 is 10.0 Å². The standard InChI is InChI=1S/C20H23N3O5S2/c1-27-16-8-4-14(5-9-16)19(24)23-20(29)22-15-6-10-18(11-7-15)30(25,26)21-13-17-3-2-12-28-17/h4-11,17,21H,2-3,12-13H2,1H3,(H2,22,23,24,29). The zero-order valence-electron chi connectivity index (χ0n) is 16.4. The Bertz CT molecular complexity index is 986. The van der Waals surface area contributed by atoms with Crippen molar-refractivity contribution in [1.29, 1.82) is 0 Å². The fourth-order valence-electron chi connectivity index (χ4n) is 2.89. The Morgan fingerprint density at radius 3 is 2.47 bits per heavy atom. The number of rotatable bonds is 7. The van der Waals surface area contributed by atoms with Crippen LogP contribution in [0.15, 0.2) is 53.4 Å². The first-order chi connectivity index (χ1) is 14.4. The monoisotopic (exact) mass is 449 g/mol. The van der Waals surface area contributed by atoms with Gasteiger partial charge < -0.3 is 14.8 Å². The van der Waals surface area contributed by atoms with Gasteiger partial charge in [0.1, 0.15) is 5.75 Å². The van der Waals surface area contributed by atoms with Crippen molar-refractivity contribution in [2.45, 2.75) is 23.8 Å². The lowest BCUT2D eigenvalue weighted by atomic mass is 10.2. The van der Waals surface area contributed by atoms with Crippen LogP contribution in [0.3, 0.4) is 0 Å². The third-order valence-electron chi connectivity index (χ3n) is 4.53. The molecule has 1 aliphatic heterocycles. The molecule has 0 aliphatic carbocycles. The van der Waals surface area contributed by atoms with Gasteiger partial charge in [0, 0.05) is 24.4 Å². The fourth-order valence-corrected chi connectivity index (χ4v) is 4.17. The summed E-state index contributed by atoms with van der Waals surface area (Å²) in [7, 11) is -2.08. The number of hydrogen-bond donors (Lipinski definition) is 3. The molecule has 1 unspecified atom stereocenters. The van der Waals surface area contributed by atoms with Gasteiger partial charge in [0.25, 0.3) is 5.91 Å². The maximum atomic E-state index is 12.4. The molecule has 3 rings (SSSR count). The highest BCUT2D eigenvalue weighted by molar-refractivity contribution is 7.89. The number of carbonyl (C=O) groups is 1. The minimum Gasteiger partial charge on any atom is -0.497 e. The molecule has 1 fully saturated rings. The van der Waals surface area contributed by atoms with Crippen LogP contribution in [0, 0.1) is 0 Å². The van der Waals surface area contributed by atoms with Gasteiger partial charge in [0.15, 0.2) is 5.11 Å². The molecule has 1 aliphatic rings. The van der Waals surface area contributed by atoms with Crippen LogP contribution < -0.4 is 20.1 Å². The Kier molecular flexibility index (Phi) is 7.38. The van der Waals surface area contributed by atoms with Crippen LogP contribution in [0.2, 0.25) is 0 Å². The first-order valence-corrected chi connectivity index (χ1v) is 11.2. The van der Waals surface area contributed by atoms with Crippen molar-refractivity contribution < 1.29 is 22.7 Å². The molecule has 160 valence electrons. The maximum Gasteiger partial charge on any atom is 0.257 e. The third kappa shape index (κ3) is 5.99. The molecule has 0 spiro atoms. The molecule has 0 aromatic heterocycles. The van der Waals surface area contributed by atoms with Gasteiger partial charge in [-0.15, -0.1) is 0 Å². The molecule has 8 nitrogen and oxygen atoms in total. The van der Waals surface area contributed by atoms with E-state index in [0.29, 0.717) is 23.6 Å². The van der Waals surface area contributed by atoms with Crippen LogP contribution in [-0.4, -0.2) is 45.8 Å². The van der Waals surface area contributed by atoms with Gasteiger partial charge in [-0.1, -0.05) is 0 Å². The largest absolute Gasteiger partial charge is 0.497 e. The van der Waals surface area contributed by atoms with E-state index in [4.69, 9.17) is 21.7 Å². The molecule has 2 aromatic carbocycles. The summed E-state index contributed by atoms with van der Waals surface area (Å²) >= 11 is 5.16. The van der Waals surface area contributed by atoms with E-state index in [2.05, 4.69) is 15.4 Å². The number of methoxy groups -OCH3 is 1. The minimum absolute atomic E-state index is 0.0765. The summed E-state index contributed by atoms with van der Waals surface area (Å²) in [6.45, 7) is 0.922. The molecule has 0 bridgehead atoms. The molecule has 1 saturated heterocycles. The van der Waals surface area contributed by atoms with Gasteiger partial charge in [-0.3, -0.25) is 10.1 Å². The molecule has 1 amide bonds. The summed E-state index contributed by atoms with van der Waals surface area (Å²) in [4.78, 5) is 12.4. The Balaban J connectivity index is 1.53. The van der Waals surface area contributed by atoms with Gasteiger partial charge in [-0.2, -0.15) is 0 Å². The van der Waals surface area contributed by atoms with E-state index in [-0.39, 0.29) is 28.6 Å². The van der Waals surface area contributed by atoms with Crippen molar-refractivity contribution in [3.05, 3.63) is 54.1 Å². The predicted molar refractivity (Wildman–Crippen MR) is 117 cm³/mol. The van der Waals surface area contributed by atoms with Crippen LogP contribution in [0.25, 0.3) is 0 Å². The van der Waals surface area contributed by atoms with E-state index in [9.17, 15) is 13.2 Å². The van der Waals surface area contributed by atoms with Gasteiger partial charge >= 0.3 is 0 Å². The summed E-state index contributed by atoms with van der Waals surface area (Å²) in [5.74, 6) is 0.278. The topological polar surface area (TPSA) is 106 Å². The Morgan fingerprint density at radius 1 is 1.17 bits per heavy atom. The molecule has 3 N–H and O–H groups in total. The summed E-state index contributed by atoms with van der Waals surface area (Å²) < 4.78 is 37.8. The normalized spacial score (nSPS) is 16.1. The van der Waals surface area contributed by atoms with E-state index in [1.807, 2.05) is 0 Å². The van der Waals surface area contributed by atoms with Crippen LogP contribution in [0.5, 0.6) is 5.75 Å². The predicted octanol–water partition coefficient (Wildman–Crippen LogP) is 2.28. The summed E-state index contributed by atoms with van der Waals surface area (Å²) in [5, 5.41) is 5.53. The van der Waals surface area contributed by atoms with E-state index in [0.717, 1.165) is 12.8 Å². The average molecular weight is 450 g/mol. The highest BCUT2D eigenvalue weighted by Gasteiger charge is 2.20. The van der Waals surface area contributed by atoms with Gasteiger partial charge in [0.2, 0.25) is 10.0 Å². The molecule has 0 saturated carbocycles. The Morgan fingerprint density at radius 2 is 1.87 bits per heavy atom. The molecular formula is C20H23N3O5S2. The second-order valence-electron chi connectivity index (χ2n) is 6.65. The zero-order valence-corrected chi connectivity index (χ0v) is 18.0. The first-order valence-electron chi connectivity index (χ1n) is 9.35. The lowest BCUT2D eigenvalue weighted by Crippen LogP contribution is -2.34. The Hall–Kier alpha value is -2.53. The van der Waals surface area contributed by atoms with E-state index in [1.54, 1.807) is 43.5 Å². The number of thiocarbonyl (C=S) groups is 1. The van der Waals surface area contributed by atoms with Crippen molar-refractivity contribution in [3.63, 3.8) is 0 Å². The zero-order chi connectivity index (χ0) is 21.6. The molecule has 10 heteroatoms. The average Bonchev–Trinajstić information content (AvgIpc) is 3.26. The first kappa shape index (κ1) is 22.2. The lowest BCUT2D eigenvalue weighted by Gasteiger charge is -2.13. The van der Waals surface area contributed by atoms with E-state index >= 15 is 0 Å². The molecule has 2 aromatic rings. The highest BCUT2D eigenvalue weighted by Crippen LogP contribution is 2.16. The number of amides is 1. The molecule has 1 heterocycles. The van der Waals surface area contributed by atoms with Crippen LogP contribution in [-0.2, 0) is 14.8 Å². The number of benzene rings is 2. The fraction of sp³-hybridized carbons (Fsp3) is 0.300. The van der Waals surface area contributed by atoms with Crippen molar-refractivity contribution in [1.82, 2.24) is 10.0 Å².